The highest BCUT2D eigenvalue weighted by atomic mass is 15.0. The lowest BCUT2D eigenvalue weighted by atomic mass is 10.1. The number of nitrogens with zero attached hydrogens (tertiary/aromatic N) is 1. The molecule has 5 aromatic rings. The van der Waals surface area contributed by atoms with Crippen molar-refractivity contribution in [2.45, 2.75) is 6.42 Å². The van der Waals surface area contributed by atoms with Gasteiger partial charge in [0.2, 0.25) is 0 Å². The summed E-state index contributed by atoms with van der Waals surface area (Å²) < 4.78 is 2.36. The molecule has 0 atom stereocenters. The van der Waals surface area contributed by atoms with Crippen LogP contribution in [0.2, 0.25) is 0 Å². The van der Waals surface area contributed by atoms with Crippen LogP contribution in [0.3, 0.4) is 0 Å². The molecule has 2 heterocycles. The van der Waals surface area contributed by atoms with Gasteiger partial charge in [-0.05, 0) is 36.8 Å². The Morgan fingerprint density at radius 1 is 0.704 bits per heavy atom. The number of rotatable bonds is 1. The minimum Gasteiger partial charge on any atom is -0.354 e. The smallest absolute Gasteiger partial charge is 0.0566 e. The van der Waals surface area contributed by atoms with Gasteiger partial charge in [0, 0.05) is 33.1 Å². The number of benzene rings is 3. The summed E-state index contributed by atoms with van der Waals surface area (Å²) in [5.41, 5.74) is 7.37. The Kier molecular flexibility index (Phi) is 2.97. The maximum Gasteiger partial charge on any atom is 0.0566 e. The van der Waals surface area contributed by atoms with Crippen molar-refractivity contribution in [3.8, 4) is 5.69 Å². The number of allylic oxidation sites excluding steroid dienone is 2. The largest absolute Gasteiger partial charge is 0.354 e. The lowest BCUT2D eigenvalue weighted by molar-refractivity contribution is 1.18. The molecule has 128 valence electrons. The van der Waals surface area contributed by atoms with E-state index >= 15 is 0 Å². The van der Waals surface area contributed by atoms with E-state index in [-0.39, 0.29) is 0 Å². The highest BCUT2D eigenvalue weighted by molar-refractivity contribution is 6.21. The van der Waals surface area contributed by atoms with Crippen molar-refractivity contribution in [3.05, 3.63) is 90.1 Å². The Hall–Kier alpha value is -3.52. The van der Waals surface area contributed by atoms with Crippen LogP contribution in [0.25, 0.3) is 50.5 Å². The Labute approximate surface area is 157 Å². The number of H-pyrrole nitrogens is 1. The molecule has 1 aliphatic rings. The quantitative estimate of drug-likeness (QED) is 0.349. The minimum atomic E-state index is 0.986. The monoisotopic (exact) mass is 346 g/mol. The highest BCUT2D eigenvalue weighted by Crippen LogP contribution is 2.38. The average molecular weight is 346 g/mol. The van der Waals surface area contributed by atoms with Crippen LogP contribution in [0.1, 0.15) is 17.7 Å². The van der Waals surface area contributed by atoms with Gasteiger partial charge in [-0.3, -0.25) is 0 Å². The van der Waals surface area contributed by atoms with Crippen LogP contribution in [0, 0.1) is 0 Å². The van der Waals surface area contributed by atoms with E-state index in [1.165, 1.54) is 49.7 Å². The van der Waals surface area contributed by atoms with Crippen LogP contribution in [0.5, 0.6) is 0 Å². The zero-order valence-corrected chi connectivity index (χ0v) is 14.8. The molecule has 2 aromatic heterocycles. The SMILES string of the molecule is C1=Cc2[nH]c3c(ccc4c3c3ccccc3n4-c3ccccc3)c2C=CC1. The molecule has 0 saturated carbocycles. The van der Waals surface area contributed by atoms with E-state index in [1.54, 1.807) is 0 Å². The molecule has 1 aliphatic carbocycles. The van der Waals surface area contributed by atoms with E-state index in [0.29, 0.717) is 0 Å². The number of aromatic nitrogens is 2. The Morgan fingerprint density at radius 2 is 1.52 bits per heavy atom. The second-order valence-corrected chi connectivity index (χ2v) is 7.06. The summed E-state index contributed by atoms with van der Waals surface area (Å²) in [4.78, 5) is 3.70. The van der Waals surface area contributed by atoms with Gasteiger partial charge in [0.05, 0.1) is 16.6 Å². The van der Waals surface area contributed by atoms with Crippen LogP contribution >= 0.6 is 0 Å². The molecule has 27 heavy (non-hydrogen) atoms. The van der Waals surface area contributed by atoms with Gasteiger partial charge >= 0.3 is 0 Å². The molecule has 2 nitrogen and oxygen atoms in total. The zero-order chi connectivity index (χ0) is 17.8. The van der Waals surface area contributed by atoms with E-state index < -0.39 is 0 Å². The summed E-state index contributed by atoms with van der Waals surface area (Å²) in [5.74, 6) is 0. The predicted molar refractivity (Wildman–Crippen MR) is 115 cm³/mol. The Balaban J connectivity index is 1.83. The third kappa shape index (κ3) is 2.01. The molecule has 3 aromatic carbocycles. The molecule has 0 radical (unpaired) electrons. The summed E-state index contributed by atoms with van der Waals surface area (Å²) in [6, 6.07) is 23.8. The first kappa shape index (κ1) is 14.6. The van der Waals surface area contributed by atoms with E-state index in [2.05, 4.69) is 101 Å². The maximum absolute atomic E-state index is 3.70. The first-order valence-corrected chi connectivity index (χ1v) is 9.38. The second-order valence-electron chi connectivity index (χ2n) is 7.06. The fraction of sp³-hybridized carbons (Fsp3) is 0.0400. The molecule has 0 fully saturated rings. The van der Waals surface area contributed by atoms with Crippen molar-refractivity contribution in [1.29, 1.82) is 0 Å². The number of nitrogens with one attached hydrogen (secondary N) is 1. The fourth-order valence-corrected chi connectivity index (χ4v) is 4.38. The van der Waals surface area contributed by atoms with E-state index in [4.69, 9.17) is 0 Å². The lowest BCUT2D eigenvalue weighted by Crippen LogP contribution is -1.92. The summed E-state index contributed by atoms with van der Waals surface area (Å²) in [6.45, 7) is 0. The Bertz CT molecular complexity index is 1380. The summed E-state index contributed by atoms with van der Waals surface area (Å²) in [7, 11) is 0. The van der Waals surface area contributed by atoms with Crippen molar-refractivity contribution in [1.82, 2.24) is 9.55 Å². The molecule has 0 saturated heterocycles. The third-order valence-electron chi connectivity index (χ3n) is 5.53. The standard InChI is InChI=1S/C25H18N2/c1-3-9-17(10-4-1)27-22-14-8-7-12-20(22)24-23(27)16-15-19-18-11-5-2-6-13-21(18)26-25(19)24/h1,3-16,26H,2H2. The third-order valence-corrected chi connectivity index (χ3v) is 5.53. The molecule has 0 aliphatic heterocycles. The lowest BCUT2D eigenvalue weighted by Gasteiger charge is -2.07. The fourth-order valence-electron chi connectivity index (χ4n) is 4.38. The number of fused-ring (bicyclic) bond motifs is 7. The van der Waals surface area contributed by atoms with Crippen molar-refractivity contribution >= 4 is 44.9 Å². The first-order chi connectivity index (χ1) is 13.4. The van der Waals surface area contributed by atoms with E-state index in [9.17, 15) is 0 Å². The zero-order valence-electron chi connectivity index (χ0n) is 14.8. The molecule has 6 rings (SSSR count). The summed E-state index contributed by atoms with van der Waals surface area (Å²) in [6.07, 6.45) is 9.88. The Morgan fingerprint density at radius 3 is 2.44 bits per heavy atom. The van der Waals surface area contributed by atoms with Gasteiger partial charge in [-0.25, -0.2) is 0 Å². The van der Waals surface area contributed by atoms with Gasteiger partial charge in [0.15, 0.2) is 0 Å². The van der Waals surface area contributed by atoms with E-state index in [1.807, 2.05) is 0 Å². The van der Waals surface area contributed by atoms with Gasteiger partial charge < -0.3 is 9.55 Å². The van der Waals surface area contributed by atoms with Gasteiger partial charge in [-0.15, -0.1) is 0 Å². The van der Waals surface area contributed by atoms with Crippen LogP contribution in [-0.4, -0.2) is 9.55 Å². The topological polar surface area (TPSA) is 20.7 Å². The van der Waals surface area contributed by atoms with Crippen molar-refractivity contribution in [2.24, 2.45) is 0 Å². The van der Waals surface area contributed by atoms with Gasteiger partial charge in [0.25, 0.3) is 0 Å². The minimum absolute atomic E-state index is 0.986. The first-order valence-electron chi connectivity index (χ1n) is 9.38. The number of para-hydroxylation sites is 2. The van der Waals surface area contributed by atoms with Gasteiger partial charge in [0.1, 0.15) is 0 Å². The number of hydrogen-bond donors (Lipinski definition) is 1. The molecular weight excluding hydrogens is 328 g/mol. The maximum atomic E-state index is 3.70. The number of hydrogen-bond acceptors (Lipinski definition) is 0. The molecule has 0 bridgehead atoms. The summed E-state index contributed by atoms with van der Waals surface area (Å²) in [5, 5.41) is 3.87. The normalized spacial score (nSPS) is 13.5. The van der Waals surface area contributed by atoms with Crippen LogP contribution in [0.4, 0.5) is 0 Å². The van der Waals surface area contributed by atoms with Gasteiger partial charge in [-0.2, -0.15) is 0 Å². The van der Waals surface area contributed by atoms with Crippen molar-refractivity contribution in [3.63, 3.8) is 0 Å². The molecule has 0 spiro atoms. The van der Waals surface area contributed by atoms with Crippen LogP contribution < -0.4 is 0 Å². The second kappa shape index (κ2) is 5.49. The van der Waals surface area contributed by atoms with Crippen LogP contribution in [0.15, 0.2) is 78.9 Å². The molecule has 0 unspecified atom stereocenters. The predicted octanol–water partition coefficient (Wildman–Crippen LogP) is 6.70. The molecule has 2 heteroatoms. The van der Waals surface area contributed by atoms with E-state index in [0.717, 1.165) is 6.42 Å². The highest BCUT2D eigenvalue weighted by Gasteiger charge is 2.17. The summed E-state index contributed by atoms with van der Waals surface area (Å²) >= 11 is 0. The van der Waals surface area contributed by atoms with Crippen LogP contribution in [-0.2, 0) is 0 Å². The molecule has 1 N–H and O–H groups in total. The molecular formula is C25H18N2. The van der Waals surface area contributed by atoms with Gasteiger partial charge in [-0.1, -0.05) is 60.7 Å². The average Bonchev–Trinajstić information content (AvgIpc) is 3.14. The number of aromatic amines is 1. The van der Waals surface area contributed by atoms with Crippen molar-refractivity contribution in [2.75, 3.05) is 0 Å². The van der Waals surface area contributed by atoms with Crippen molar-refractivity contribution < 1.29 is 0 Å². The molecule has 0 amide bonds.